The van der Waals surface area contributed by atoms with E-state index in [0.29, 0.717) is 5.56 Å². The molecule has 1 aliphatic heterocycles. The maximum atomic E-state index is 12.5. The number of aromatic carboxylic acids is 1. The summed E-state index contributed by atoms with van der Waals surface area (Å²) < 4.78 is 4.69. The van der Waals surface area contributed by atoms with Crippen LogP contribution in [0.4, 0.5) is 5.69 Å². The van der Waals surface area contributed by atoms with Gasteiger partial charge in [-0.05, 0) is 18.6 Å². The van der Waals surface area contributed by atoms with Crippen molar-refractivity contribution in [3.05, 3.63) is 40.6 Å². The number of hydrogen-bond acceptors (Lipinski definition) is 6. The number of carbonyl (C=O) groups is 3. The van der Waals surface area contributed by atoms with Gasteiger partial charge in [-0.25, -0.2) is 9.59 Å². The topological polar surface area (TPSA) is 116 Å². The first-order valence-corrected chi connectivity index (χ1v) is 7.22. The van der Waals surface area contributed by atoms with Crippen molar-refractivity contribution in [2.75, 3.05) is 32.1 Å². The number of anilines is 1. The standard InChI is InChI=1S/C16H18N2O6/c1-9-4-3-5-10(15(21)22)12(9)17-13-11(16(23)24-2)8-18(6-7-19)14(13)20/h3-5,17,19H,6-8H2,1-2H3,(H,21,22). The Morgan fingerprint density at radius 3 is 2.67 bits per heavy atom. The van der Waals surface area contributed by atoms with Gasteiger partial charge in [-0.1, -0.05) is 12.1 Å². The number of aliphatic hydroxyl groups is 1. The lowest BCUT2D eigenvalue weighted by molar-refractivity contribution is -0.136. The minimum absolute atomic E-state index is 0.0112. The first-order chi connectivity index (χ1) is 11.4. The summed E-state index contributed by atoms with van der Waals surface area (Å²) in [6, 6.07) is 4.69. The molecule has 0 radical (unpaired) electrons. The molecule has 1 aromatic carbocycles. The van der Waals surface area contributed by atoms with Gasteiger partial charge < -0.3 is 25.2 Å². The van der Waals surface area contributed by atoms with E-state index in [1.165, 1.54) is 18.1 Å². The summed E-state index contributed by atoms with van der Waals surface area (Å²) >= 11 is 0. The zero-order valence-electron chi connectivity index (χ0n) is 13.3. The Balaban J connectivity index is 2.47. The molecule has 0 saturated carbocycles. The maximum absolute atomic E-state index is 12.5. The van der Waals surface area contributed by atoms with Crippen molar-refractivity contribution in [2.45, 2.75) is 6.92 Å². The van der Waals surface area contributed by atoms with Crippen LogP contribution in [0.15, 0.2) is 29.5 Å². The lowest BCUT2D eigenvalue weighted by Crippen LogP contribution is -2.31. The van der Waals surface area contributed by atoms with E-state index in [0.717, 1.165) is 0 Å². The van der Waals surface area contributed by atoms with Crippen LogP contribution in [0.2, 0.25) is 0 Å². The summed E-state index contributed by atoms with van der Waals surface area (Å²) in [6.07, 6.45) is 0. The van der Waals surface area contributed by atoms with Gasteiger partial charge in [0.05, 0.1) is 37.1 Å². The third-order valence-corrected chi connectivity index (χ3v) is 3.71. The number of amides is 1. The number of β-amino-alcohol motifs (C(OH)–C–C–N with tert-alkyl or cyclic N) is 1. The molecule has 0 atom stereocenters. The number of nitrogens with one attached hydrogen (secondary N) is 1. The van der Waals surface area contributed by atoms with E-state index < -0.39 is 17.8 Å². The average Bonchev–Trinajstić information content (AvgIpc) is 2.85. The second kappa shape index (κ2) is 7.14. The number of methoxy groups -OCH3 is 1. The monoisotopic (exact) mass is 334 g/mol. The Morgan fingerprint density at radius 2 is 2.08 bits per heavy atom. The van der Waals surface area contributed by atoms with Crippen molar-refractivity contribution < 1.29 is 29.3 Å². The van der Waals surface area contributed by atoms with Crippen LogP contribution in [0.25, 0.3) is 0 Å². The number of aryl methyl sites for hydroxylation is 1. The first kappa shape index (κ1) is 17.5. The highest BCUT2D eigenvalue weighted by Crippen LogP contribution is 2.27. The molecule has 128 valence electrons. The van der Waals surface area contributed by atoms with Gasteiger partial charge in [0.1, 0.15) is 5.70 Å². The number of benzene rings is 1. The molecule has 2 rings (SSSR count). The van der Waals surface area contributed by atoms with Crippen molar-refractivity contribution >= 4 is 23.5 Å². The summed E-state index contributed by atoms with van der Waals surface area (Å²) in [7, 11) is 1.20. The van der Waals surface area contributed by atoms with Gasteiger partial charge in [0.2, 0.25) is 0 Å². The summed E-state index contributed by atoms with van der Waals surface area (Å²) in [5.41, 5.74) is 0.892. The van der Waals surface area contributed by atoms with Gasteiger partial charge in [-0.2, -0.15) is 0 Å². The van der Waals surface area contributed by atoms with E-state index in [1.54, 1.807) is 19.1 Å². The molecule has 24 heavy (non-hydrogen) atoms. The molecule has 0 fully saturated rings. The normalized spacial score (nSPS) is 14.1. The molecule has 8 nitrogen and oxygen atoms in total. The number of para-hydroxylation sites is 1. The zero-order chi connectivity index (χ0) is 17.9. The second-order valence-electron chi connectivity index (χ2n) is 5.22. The van der Waals surface area contributed by atoms with Crippen LogP contribution in [-0.2, 0) is 14.3 Å². The predicted molar refractivity (Wildman–Crippen MR) is 84.5 cm³/mol. The number of aliphatic hydroxyl groups excluding tert-OH is 1. The van der Waals surface area contributed by atoms with Crippen molar-refractivity contribution in [1.29, 1.82) is 0 Å². The van der Waals surface area contributed by atoms with Crippen LogP contribution in [0, 0.1) is 6.92 Å². The van der Waals surface area contributed by atoms with Crippen LogP contribution >= 0.6 is 0 Å². The fraction of sp³-hybridized carbons (Fsp3) is 0.312. The molecule has 0 aromatic heterocycles. The largest absolute Gasteiger partial charge is 0.478 e. The Kier molecular flexibility index (Phi) is 5.20. The van der Waals surface area contributed by atoms with Crippen molar-refractivity contribution in [3.63, 3.8) is 0 Å². The molecule has 0 spiro atoms. The fourth-order valence-corrected chi connectivity index (χ4v) is 2.49. The van der Waals surface area contributed by atoms with Crippen molar-refractivity contribution in [1.82, 2.24) is 4.90 Å². The van der Waals surface area contributed by atoms with E-state index in [9.17, 15) is 19.5 Å². The SMILES string of the molecule is COC(=O)C1=C(Nc2c(C)cccc2C(=O)O)C(=O)N(CCO)C1. The number of carboxylic acid groups (broad SMARTS) is 1. The maximum Gasteiger partial charge on any atom is 0.337 e. The van der Waals surface area contributed by atoms with Gasteiger partial charge in [0.25, 0.3) is 5.91 Å². The van der Waals surface area contributed by atoms with Crippen LogP contribution in [-0.4, -0.2) is 59.8 Å². The van der Waals surface area contributed by atoms with Gasteiger partial charge in [-0.15, -0.1) is 0 Å². The Hall–Kier alpha value is -2.87. The zero-order valence-corrected chi connectivity index (χ0v) is 13.3. The van der Waals surface area contributed by atoms with Crippen molar-refractivity contribution in [2.24, 2.45) is 0 Å². The van der Waals surface area contributed by atoms with Crippen LogP contribution in [0.1, 0.15) is 15.9 Å². The highest BCUT2D eigenvalue weighted by atomic mass is 16.5. The summed E-state index contributed by atoms with van der Waals surface area (Å²) in [6.45, 7) is 1.49. The van der Waals surface area contributed by atoms with E-state index >= 15 is 0 Å². The van der Waals surface area contributed by atoms with E-state index in [4.69, 9.17) is 9.84 Å². The molecular formula is C16H18N2O6. The van der Waals surface area contributed by atoms with Crippen molar-refractivity contribution in [3.8, 4) is 0 Å². The quantitative estimate of drug-likeness (QED) is 0.643. The first-order valence-electron chi connectivity index (χ1n) is 7.22. The number of rotatable bonds is 6. The van der Waals surface area contributed by atoms with Gasteiger partial charge in [-0.3, -0.25) is 4.79 Å². The Morgan fingerprint density at radius 1 is 1.38 bits per heavy atom. The van der Waals surface area contributed by atoms with E-state index in [2.05, 4.69) is 5.32 Å². The minimum atomic E-state index is -1.15. The number of carboxylic acids is 1. The summed E-state index contributed by atoms with van der Waals surface area (Å²) in [5.74, 6) is -2.33. The smallest absolute Gasteiger partial charge is 0.337 e. The van der Waals surface area contributed by atoms with Crippen LogP contribution < -0.4 is 5.32 Å². The molecule has 8 heteroatoms. The highest BCUT2D eigenvalue weighted by Gasteiger charge is 2.35. The van der Waals surface area contributed by atoms with Crippen LogP contribution in [0.3, 0.4) is 0 Å². The Labute approximate surface area is 138 Å². The second-order valence-corrected chi connectivity index (χ2v) is 5.22. The third-order valence-electron chi connectivity index (χ3n) is 3.71. The molecule has 1 heterocycles. The fourth-order valence-electron chi connectivity index (χ4n) is 2.49. The molecule has 1 aliphatic rings. The number of nitrogens with zero attached hydrogens (tertiary/aromatic N) is 1. The highest BCUT2D eigenvalue weighted by molar-refractivity contribution is 6.09. The molecule has 1 amide bonds. The lowest BCUT2D eigenvalue weighted by atomic mass is 10.1. The molecule has 1 aromatic rings. The summed E-state index contributed by atoms with van der Waals surface area (Å²) in [4.78, 5) is 37.1. The van der Waals surface area contributed by atoms with E-state index in [-0.39, 0.29) is 42.2 Å². The average molecular weight is 334 g/mol. The van der Waals surface area contributed by atoms with Gasteiger partial charge in [0.15, 0.2) is 0 Å². The Bertz CT molecular complexity index is 725. The number of ether oxygens (including phenoxy) is 1. The molecule has 0 aliphatic carbocycles. The van der Waals surface area contributed by atoms with E-state index in [1.807, 2.05) is 0 Å². The molecular weight excluding hydrogens is 316 g/mol. The predicted octanol–water partition coefficient (Wildman–Crippen LogP) is 0.367. The molecule has 0 unspecified atom stereocenters. The molecule has 0 saturated heterocycles. The molecule has 0 bridgehead atoms. The number of hydrogen-bond donors (Lipinski definition) is 3. The summed E-state index contributed by atoms with van der Waals surface area (Å²) in [5, 5.41) is 21.1. The van der Waals surface area contributed by atoms with Crippen LogP contribution in [0.5, 0.6) is 0 Å². The number of carbonyl (C=O) groups excluding carboxylic acids is 2. The third kappa shape index (κ3) is 3.23. The van der Waals surface area contributed by atoms with Gasteiger partial charge in [0, 0.05) is 6.54 Å². The molecule has 3 N–H and O–H groups in total. The minimum Gasteiger partial charge on any atom is -0.478 e. The lowest BCUT2D eigenvalue weighted by Gasteiger charge is -2.16. The van der Waals surface area contributed by atoms with Gasteiger partial charge >= 0.3 is 11.9 Å². The number of esters is 1.